The van der Waals surface area contributed by atoms with Crippen molar-refractivity contribution in [3.05, 3.63) is 11.3 Å². The first-order chi connectivity index (χ1) is 4.22. The Bertz CT molecular complexity index is 231. The Kier molecular flexibility index (Phi) is 1.48. The lowest BCUT2D eigenvalue weighted by Gasteiger charge is -1.89. The summed E-state index contributed by atoms with van der Waals surface area (Å²) in [5.41, 5.74) is 0. The van der Waals surface area contributed by atoms with Crippen molar-refractivity contribution in [2.24, 2.45) is 0 Å². The van der Waals surface area contributed by atoms with Gasteiger partial charge in [0.15, 0.2) is 5.15 Å². The molecule has 0 fully saturated rings. The summed E-state index contributed by atoms with van der Waals surface area (Å²) in [6.07, 6.45) is 1.31. The van der Waals surface area contributed by atoms with E-state index in [1.165, 1.54) is 13.1 Å². The lowest BCUT2D eigenvalue weighted by atomic mass is 10.7. The van der Waals surface area contributed by atoms with E-state index in [2.05, 4.69) is 10.3 Å². The summed E-state index contributed by atoms with van der Waals surface area (Å²) < 4.78 is 1.02. The van der Waals surface area contributed by atoms with E-state index >= 15 is 0 Å². The van der Waals surface area contributed by atoms with Crippen molar-refractivity contribution in [3.63, 3.8) is 0 Å². The van der Waals surface area contributed by atoms with Gasteiger partial charge < -0.3 is 0 Å². The molecule has 0 N–H and O–H groups in total. The van der Waals surface area contributed by atoms with Crippen LogP contribution in [0.1, 0.15) is 11.7 Å². The van der Waals surface area contributed by atoms with Gasteiger partial charge in [-0.25, -0.2) is 0 Å². The second-order valence-electron chi connectivity index (χ2n) is 1.49. The Morgan fingerprint density at radius 3 is 2.78 bits per heavy atom. The molecule has 0 aliphatic rings. The van der Waals surface area contributed by atoms with E-state index in [9.17, 15) is 4.79 Å². The zero-order chi connectivity index (χ0) is 6.85. The maximum Gasteiger partial charge on any atom is 0.246 e. The van der Waals surface area contributed by atoms with Crippen molar-refractivity contribution < 1.29 is 4.79 Å². The van der Waals surface area contributed by atoms with Crippen LogP contribution in [-0.2, 0) is 0 Å². The molecule has 0 aliphatic carbocycles. The summed E-state index contributed by atoms with van der Waals surface area (Å²) in [5.74, 6) is -0.238. The molecule has 1 heterocycles. The fraction of sp³-hybridized carbons (Fsp3) is 0.250. The van der Waals surface area contributed by atoms with Crippen LogP contribution in [0.3, 0.4) is 0 Å². The third kappa shape index (κ3) is 1.08. The number of nitrogens with zero attached hydrogens (tertiary/aromatic N) is 3. The minimum absolute atomic E-state index is 0.238. The minimum atomic E-state index is -0.238. The van der Waals surface area contributed by atoms with Crippen molar-refractivity contribution in [1.82, 2.24) is 15.0 Å². The van der Waals surface area contributed by atoms with Crippen molar-refractivity contribution in [1.29, 1.82) is 0 Å². The van der Waals surface area contributed by atoms with Gasteiger partial charge in [0.2, 0.25) is 5.91 Å². The molecule has 0 aromatic carbocycles. The van der Waals surface area contributed by atoms with Crippen molar-refractivity contribution in [3.8, 4) is 0 Å². The first-order valence-electron chi connectivity index (χ1n) is 2.29. The van der Waals surface area contributed by atoms with Crippen LogP contribution in [-0.4, -0.2) is 20.9 Å². The van der Waals surface area contributed by atoms with E-state index in [0.29, 0.717) is 0 Å². The zero-order valence-electron chi connectivity index (χ0n) is 4.71. The first kappa shape index (κ1) is 6.22. The summed E-state index contributed by atoms with van der Waals surface area (Å²) >= 11 is 5.45. The number of carbonyl (C=O) groups is 1. The molecular formula is C4H4ClN3O. The fourth-order valence-electron chi connectivity index (χ4n) is 0.436. The number of aromatic nitrogens is 3. The molecule has 1 aromatic heterocycles. The van der Waals surface area contributed by atoms with Crippen LogP contribution >= 0.6 is 11.6 Å². The van der Waals surface area contributed by atoms with E-state index in [4.69, 9.17) is 11.6 Å². The van der Waals surface area contributed by atoms with E-state index in [0.717, 1.165) is 4.68 Å². The van der Waals surface area contributed by atoms with E-state index in [-0.39, 0.29) is 11.1 Å². The highest BCUT2D eigenvalue weighted by atomic mass is 35.5. The number of halogens is 1. The molecular weight excluding hydrogens is 142 g/mol. The highest BCUT2D eigenvalue weighted by Crippen LogP contribution is 2.02. The zero-order valence-corrected chi connectivity index (χ0v) is 5.46. The number of rotatable bonds is 0. The van der Waals surface area contributed by atoms with Gasteiger partial charge in [-0.15, -0.1) is 5.10 Å². The molecule has 0 saturated carbocycles. The Balaban J connectivity index is 3.08. The highest BCUT2D eigenvalue weighted by Gasteiger charge is 2.02. The predicted octanol–water partition coefficient (Wildman–Crippen LogP) is 0.592. The van der Waals surface area contributed by atoms with Crippen molar-refractivity contribution >= 4 is 17.5 Å². The molecule has 0 saturated heterocycles. The van der Waals surface area contributed by atoms with E-state index < -0.39 is 0 Å². The van der Waals surface area contributed by atoms with Gasteiger partial charge in [-0.1, -0.05) is 16.8 Å². The molecule has 0 bridgehead atoms. The molecule has 1 rings (SSSR count). The Labute approximate surface area is 56.4 Å². The van der Waals surface area contributed by atoms with Gasteiger partial charge in [-0.2, -0.15) is 4.68 Å². The largest absolute Gasteiger partial charge is 0.273 e. The van der Waals surface area contributed by atoms with Crippen LogP contribution in [0.4, 0.5) is 0 Å². The normalized spacial score (nSPS) is 9.56. The SMILES string of the molecule is CC(=O)n1nncc1Cl. The van der Waals surface area contributed by atoms with Crippen molar-refractivity contribution in [2.45, 2.75) is 6.92 Å². The topological polar surface area (TPSA) is 47.8 Å². The fourth-order valence-corrected chi connectivity index (χ4v) is 0.632. The van der Waals surface area contributed by atoms with Crippen LogP contribution in [0.2, 0.25) is 5.15 Å². The van der Waals surface area contributed by atoms with Gasteiger partial charge >= 0.3 is 0 Å². The third-order valence-corrected chi connectivity index (χ3v) is 1.06. The molecule has 5 heteroatoms. The second-order valence-corrected chi connectivity index (χ2v) is 1.87. The van der Waals surface area contributed by atoms with Crippen LogP contribution < -0.4 is 0 Å². The maximum atomic E-state index is 10.5. The van der Waals surface area contributed by atoms with Crippen LogP contribution in [0.5, 0.6) is 0 Å². The van der Waals surface area contributed by atoms with E-state index in [1.54, 1.807) is 0 Å². The molecule has 9 heavy (non-hydrogen) atoms. The molecule has 0 amide bonds. The Morgan fingerprint density at radius 1 is 1.89 bits per heavy atom. The standard InChI is InChI=1S/C4H4ClN3O/c1-3(9)8-4(5)2-6-7-8/h2H,1H3. The van der Waals surface area contributed by atoms with Crippen LogP contribution in [0, 0.1) is 0 Å². The van der Waals surface area contributed by atoms with Gasteiger partial charge in [0.1, 0.15) is 0 Å². The van der Waals surface area contributed by atoms with E-state index in [1.807, 2.05) is 0 Å². The monoisotopic (exact) mass is 145 g/mol. The maximum absolute atomic E-state index is 10.5. The molecule has 4 nitrogen and oxygen atoms in total. The molecule has 0 unspecified atom stereocenters. The number of carbonyl (C=O) groups excluding carboxylic acids is 1. The Hall–Kier alpha value is -0.900. The molecule has 0 radical (unpaired) electrons. The number of hydrogen-bond donors (Lipinski definition) is 0. The highest BCUT2D eigenvalue weighted by molar-refractivity contribution is 6.30. The summed E-state index contributed by atoms with van der Waals surface area (Å²) in [7, 11) is 0. The summed E-state index contributed by atoms with van der Waals surface area (Å²) in [4.78, 5) is 10.5. The van der Waals surface area contributed by atoms with Gasteiger partial charge in [-0.05, 0) is 0 Å². The van der Waals surface area contributed by atoms with Gasteiger partial charge in [0, 0.05) is 6.92 Å². The summed E-state index contributed by atoms with van der Waals surface area (Å²) in [6, 6.07) is 0. The smallest absolute Gasteiger partial charge is 0.246 e. The molecule has 0 spiro atoms. The van der Waals surface area contributed by atoms with Gasteiger partial charge in [0.05, 0.1) is 6.20 Å². The molecule has 0 aliphatic heterocycles. The third-order valence-electron chi connectivity index (χ3n) is 0.806. The lowest BCUT2D eigenvalue weighted by Crippen LogP contribution is -2.07. The van der Waals surface area contributed by atoms with Crippen LogP contribution in [0.25, 0.3) is 0 Å². The van der Waals surface area contributed by atoms with Crippen LogP contribution in [0.15, 0.2) is 6.20 Å². The minimum Gasteiger partial charge on any atom is -0.273 e. The average Bonchev–Trinajstić information content (AvgIpc) is 2.13. The van der Waals surface area contributed by atoms with Crippen molar-refractivity contribution in [2.75, 3.05) is 0 Å². The summed E-state index contributed by atoms with van der Waals surface area (Å²) in [6.45, 7) is 1.36. The molecule has 0 atom stereocenters. The second kappa shape index (κ2) is 2.14. The average molecular weight is 146 g/mol. The molecule has 48 valence electrons. The quantitative estimate of drug-likeness (QED) is 0.537. The molecule has 1 aromatic rings. The number of hydrogen-bond acceptors (Lipinski definition) is 3. The lowest BCUT2D eigenvalue weighted by molar-refractivity contribution is 0.0919. The Morgan fingerprint density at radius 2 is 2.56 bits per heavy atom. The van der Waals surface area contributed by atoms with Gasteiger partial charge in [-0.3, -0.25) is 4.79 Å². The summed E-state index contributed by atoms with van der Waals surface area (Å²) in [5, 5.41) is 7.04. The van der Waals surface area contributed by atoms with Gasteiger partial charge in [0.25, 0.3) is 0 Å². The predicted molar refractivity (Wildman–Crippen MR) is 31.3 cm³/mol. The first-order valence-corrected chi connectivity index (χ1v) is 2.67.